The van der Waals surface area contributed by atoms with Gasteiger partial charge in [0.05, 0.1) is 36.7 Å². The molecule has 3 aromatic carbocycles. The number of halogens is 5. The fraction of sp³-hybridized carbons (Fsp3) is 0.192. The Morgan fingerprint density at radius 1 is 1.03 bits per heavy atom. The van der Waals surface area contributed by atoms with E-state index < -0.39 is 0 Å². The van der Waals surface area contributed by atoms with E-state index in [-0.39, 0.29) is 12.2 Å². The number of ether oxygens (including phenoxy) is 1. The Hall–Kier alpha value is -1.90. The van der Waals surface area contributed by atoms with Crippen LogP contribution < -0.4 is 10.3 Å². The lowest BCUT2D eigenvalue weighted by Crippen LogP contribution is -2.22. The van der Waals surface area contributed by atoms with E-state index in [9.17, 15) is 4.79 Å². The normalized spacial score (nSPS) is 11.5. The van der Waals surface area contributed by atoms with Crippen molar-refractivity contribution in [2.24, 2.45) is 5.10 Å². The molecule has 0 radical (unpaired) electrons. The van der Waals surface area contributed by atoms with Crippen LogP contribution in [-0.4, -0.2) is 15.9 Å². The van der Waals surface area contributed by atoms with Gasteiger partial charge < -0.3 is 4.74 Å². The van der Waals surface area contributed by atoms with E-state index in [1.54, 1.807) is 30.5 Å². The maximum atomic E-state index is 13.3. The van der Waals surface area contributed by atoms with Crippen molar-refractivity contribution in [3.63, 3.8) is 0 Å². The zero-order chi connectivity index (χ0) is 25.8. The number of aromatic nitrogens is 2. The first kappa shape index (κ1) is 27.1. The highest BCUT2D eigenvalue weighted by Gasteiger charge is 2.13. The summed E-state index contributed by atoms with van der Waals surface area (Å²) in [7, 11) is 0. The van der Waals surface area contributed by atoms with Crippen LogP contribution in [0, 0.1) is 0 Å². The van der Waals surface area contributed by atoms with Gasteiger partial charge in [-0.1, -0.05) is 70.1 Å². The predicted octanol–water partition coefficient (Wildman–Crippen LogP) is 8.69. The summed E-state index contributed by atoms with van der Waals surface area (Å²) in [6.07, 6.45) is 4.10. The van der Waals surface area contributed by atoms with Crippen LogP contribution in [0.4, 0.5) is 0 Å². The number of aryl methyl sites for hydroxylation is 1. The van der Waals surface area contributed by atoms with Crippen LogP contribution in [0.25, 0.3) is 10.9 Å². The van der Waals surface area contributed by atoms with Gasteiger partial charge >= 0.3 is 0 Å². The molecule has 186 valence electrons. The topological polar surface area (TPSA) is 56.5 Å². The van der Waals surface area contributed by atoms with Crippen LogP contribution in [0.15, 0.2) is 67.4 Å². The van der Waals surface area contributed by atoms with E-state index >= 15 is 0 Å². The molecule has 4 aromatic rings. The Balaban J connectivity index is 1.63. The average Bonchev–Trinajstić information content (AvgIpc) is 2.84. The summed E-state index contributed by atoms with van der Waals surface area (Å²) < 4.78 is 8.73. The summed E-state index contributed by atoms with van der Waals surface area (Å²) in [4.78, 5) is 18.0. The van der Waals surface area contributed by atoms with E-state index in [4.69, 9.17) is 44.5 Å². The molecule has 5 nitrogen and oxygen atoms in total. The lowest BCUT2D eigenvalue weighted by atomic mass is 10.2. The number of hydrogen-bond acceptors (Lipinski definition) is 4. The highest BCUT2D eigenvalue weighted by atomic mass is 79.9. The van der Waals surface area contributed by atoms with Gasteiger partial charge in [0.15, 0.2) is 5.75 Å². The Morgan fingerprint density at radius 3 is 2.56 bits per heavy atom. The number of rotatable bonds is 8. The summed E-state index contributed by atoms with van der Waals surface area (Å²) in [6.45, 7) is 2.35. The smallest absolute Gasteiger partial charge is 0.282 e. The Morgan fingerprint density at radius 2 is 1.83 bits per heavy atom. The van der Waals surface area contributed by atoms with E-state index in [2.05, 4.69) is 43.9 Å². The second kappa shape index (κ2) is 12.1. The van der Waals surface area contributed by atoms with Gasteiger partial charge in [-0.15, -0.1) is 0 Å². The van der Waals surface area contributed by atoms with Crippen molar-refractivity contribution in [2.45, 2.75) is 32.8 Å². The minimum Gasteiger partial charge on any atom is -0.486 e. The SMILES string of the molecule is CCCCc1nc2ccc(Br)cc2c(=O)n1N=Cc1cc(Cl)c(OCc2ccc(Cl)c(Cl)c2)c(Br)c1. The first-order valence-electron chi connectivity index (χ1n) is 11.1. The summed E-state index contributed by atoms with van der Waals surface area (Å²) >= 11 is 25.5. The standard InChI is InChI=1S/C26H20Br2Cl3N3O2/c1-2-3-4-24-33-23-8-6-17(27)12-18(23)26(35)34(24)32-13-16-9-19(28)25(22(31)11-16)36-14-15-5-7-20(29)21(30)10-15/h5-13H,2-4,14H2,1H3. The van der Waals surface area contributed by atoms with E-state index in [0.717, 1.165) is 22.9 Å². The first-order chi connectivity index (χ1) is 17.3. The lowest BCUT2D eigenvalue weighted by Gasteiger charge is -2.12. The second-order valence-electron chi connectivity index (χ2n) is 8.01. The fourth-order valence-corrected chi connectivity index (χ4v) is 5.18. The molecule has 0 aliphatic rings. The monoisotopic (exact) mass is 669 g/mol. The first-order valence-corrected chi connectivity index (χ1v) is 13.8. The highest BCUT2D eigenvalue weighted by Crippen LogP contribution is 2.35. The van der Waals surface area contributed by atoms with Crippen LogP contribution in [0.2, 0.25) is 15.1 Å². The third kappa shape index (κ3) is 6.32. The maximum Gasteiger partial charge on any atom is 0.282 e. The summed E-state index contributed by atoms with van der Waals surface area (Å²) in [6, 6.07) is 14.3. The molecule has 36 heavy (non-hydrogen) atoms. The van der Waals surface area contributed by atoms with Gasteiger partial charge in [0.1, 0.15) is 12.4 Å². The molecule has 0 aliphatic heterocycles. The van der Waals surface area contributed by atoms with Crippen LogP contribution in [0.3, 0.4) is 0 Å². The van der Waals surface area contributed by atoms with Gasteiger partial charge in [0.2, 0.25) is 0 Å². The quantitative estimate of drug-likeness (QED) is 0.176. The molecular formula is C26H20Br2Cl3N3O2. The van der Waals surface area contributed by atoms with Gasteiger partial charge in [-0.3, -0.25) is 4.79 Å². The van der Waals surface area contributed by atoms with Gasteiger partial charge in [-0.05, 0) is 75.9 Å². The third-order valence-corrected chi connectivity index (χ3v) is 7.44. The minimum absolute atomic E-state index is 0.226. The van der Waals surface area contributed by atoms with Crippen molar-refractivity contribution in [3.05, 3.63) is 99.8 Å². The summed E-state index contributed by atoms with van der Waals surface area (Å²) in [5.74, 6) is 1.09. The molecule has 0 amide bonds. The van der Waals surface area contributed by atoms with E-state index in [0.29, 0.717) is 54.0 Å². The fourth-order valence-electron chi connectivity index (χ4n) is 3.51. The second-order valence-corrected chi connectivity index (χ2v) is 11.0. The van der Waals surface area contributed by atoms with Crippen molar-refractivity contribution in [1.82, 2.24) is 9.66 Å². The molecular weight excluding hydrogens is 652 g/mol. The number of benzene rings is 3. The molecule has 0 unspecified atom stereocenters. The van der Waals surface area contributed by atoms with Crippen LogP contribution >= 0.6 is 66.7 Å². The molecule has 10 heteroatoms. The molecule has 0 saturated heterocycles. The van der Waals surface area contributed by atoms with Gasteiger partial charge in [-0.25, -0.2) is 4.98 Å². The summed E-state index contributed by atoms with van der Waals surface area (Å²) in [5, 5.41) is 6.31. The van der Waals surface area contributed by atoms with Crippen molar-refractivity contribution in [1.29, 1.82) is 0 Å². The zero-order valence-electron chi connectivity index (χ0n) is 19.1. The van der Waals surface area contributed by atoms with Crippen molar-refractivity contribution in [3.8, 4) is 5.75 Å². The largest absolute Gasteiger partial charge is 0.486 e. The molecule has 0 fully saturated rings. The minimum atomic E-state index is -0.226. The van der Waals surface area contributed by atoms with Gasteiger partial charge in [0.25, 0.3) is 5.56 Å². The molecule has 0 atom stereocenters. The zero-order valence-corrected chi connectivity index (χ0v) is 24.5. The molecule has 0 saturated carbocycles. The number of hydrogen-bond donors (Lipinski definition) is 0. The van der Waals surface area contributed by atoms with Crippen LogP contribution in [0.1, 0.15) is 36.7 Å². The van der Waals surface area contributed by atoms with Gasteiger partial charge in [0, 0.05) is 10.9 Å². The number of nitrogens with zero attached hydrogens (tertiary/aromatic N) is 3. The van der Waals surface area contributed by atoms with Crippen molar-refractivity contribution < 1.29 is 4.74 Å². The Kier molecular flexibility index (Phi) is 9.12. The Labute approximate surface area is 240 Å². The summed E-state index contributed by atoms with van der Waals surface area (Å²) in [5.41, 5.74) is 1.97. The Bertz CT molecular complexity index is 1500. The molecule has 0 N–H and O–H groups in total. The number of fused-ring (bicyclic) bond motifs is 1. The molecule has 0 aliphatic carbocycles. The molecule has 1 heterocycles. The van der Waals surface area contributed by atoms with E-state index in [1.807, 2.05) is 24.3 Å². The molecule has 0 bridgehead atoms. The van der Waals surface area contributed by atoms with Crippen molar-refractivity contribution in [2.75, 3.05) is 0 Å². The van der Waals surface area contributed by atoms with Gasteiger partial charge in [-0.2, -0.15) is 9.78 Å². The van der Waals surface area contributed by atoms with E-state index in [1.165, 1.54) is 4.68 Å². The van der Waals surface area contributed by atoms with Crippen LogP contribution in [-0.2, 0) is 13.0 Å². The maximum absolute atomic E-state index is 13.3. The lowest BCUT2D eigenvalue weighted by molar-refractivity contribution is 0.304. The molecule has 1 aromatic heterocycles. The van der Waals surface area contributed by atoms with Crippen molar-refractivity contribution >= 4 is 83.8 Å². The molecule has 4 rings (SSSR count). The number of unbranched alkanes of at least 4 members (excludes halogenated alkanes) is 1. The third-order valence-electron chi connectivity index (χ3n) is 5.34. The predicted molar refractivity (Wildman–Crippen MR) is 155 cm³/mol. The average molecular weight is 673 g/mol. The molecule has 0 spiro atoms. The van der Waals surface area contributed by atoms with Crippen LogP contribution in [0.5, 0.6) is 5.75 Å². The highest BCUT2D eigenvalue weighted by molar-refractivity contribution is 9.10.